The van der Waals surface area contributed by atoms with Crippen molar-refractivity contribution in [1.82, 2.24) is 9.55 Å². The number of H-pyrrole nitrogens is 1. The van der Waals surface area contributed by atoms with E-state index >= 15 is 0 Å². The Morgan fingerprint density at radius 3 is 2.80 bits per heavy atom. The highest BCUT2D eigenvalue weighted by Crippen LogP contribution is 2.30. The summed E-state index contributed by atoms with van der Waals surface area (Å²) < 4.78 is 6.00. The van der Waals surface area contributed by atoms with Crippen LogP contribution in [0.3, 0.4) is 0 Å². The normalized spacial score (nSPS) is 29.3. The lowest BCUT2D eigenvalue weighted by molar-refractivity contribution is -0.771. The fourth-order valence-corrected chi connectivity index (χ4v) is 1.95. The number of hydrogen-bond acceptors (Lipinski definition) is 8. The van der Waals surface area contributed by atoms with Crippen molar-refractivity contribution in [3.63, 3.8) is 0 Å². The van der Waals surface area contributed by atoms with Gasteiger partial charge in [0.25, 0.3) is 10.6 Å². The van der Waals surface area contributed by atoms with Crippen molar-refractivity contribution in [1.29, 1.82) is 0 Å². The van der Waals surface area contributed by atoms with Crippen LogP contribution in [0.25, 0.3) is 0 Å². The molecule has 0 spiro atoms. The lowest BCUT2D eigenvalue weighted by Crippen LogP contribution is -2.39. The van der Waals surface area contributed by atoms with Crippen LogP contribution in [0.2, 0.25) is 0 Å². The van der Waals surface area contributed by atoms with Gasteiger partial charge in [0.2, 0.25) is 0 Å². The van der Waals surface area contributed by atoms with Gasteiger partial charge >= 0.3 is 5.69 Å². The van der Waals surface area contributed by atoms with E-state index in [2.05, 4.69) is 4.84 Å². The molecule has 0 aliphatic carbocycles. The minimum absolute atomic E-state index is 0.643. The average Bonchev–Trinajstić information content (AvgIpc) is 2.67. The van der Waals surface area contributed by atoms with Crippen LogP contribution in [0.15, 0.2) is 21.9 Å². The summed E-state index contributed by atoms with van der Waals surface area (Å²) in [7, 11) is 0. The Kier molecular flexibility index (Phi) is 3.83. The van der Waals surface area contributed by atoms with Crippen LogP contribution < -0.4 is 11.2 Å². The third-order valence-corrected chi connectivity index (χ3v) is 2.82. The van der Waals surface area contributed by atoms with Crippen molar-refractivity contribution >= 4 is 0 Å². The van der Waals surface area contributed by atoms with Crippen LogP contribution in [0.5, 0.6) is 0 Å². The summed E-state index contributed by atoms with van der Waals surface area (Å²) in [6, 6.07) is 1.02. The zero-order valence-electron chi connectivity index (χ0n) is 9.91. The maximum atomic E-state index is 11.6. The first-order chi connectivity index (χ1) is 9.43. The number of ether oxygens (including phenoxy) is 1. The van der Waals surface area contributed by atoms with Gasteiger partial charge in [0.15, 0.2) is 12.3 Å². The smallest absolute Gasteiger partial charge is 0.330 e. The minimum atomic E-state index is -1.57. The van der Waals surface area contributed by atoms with Gasteiger partial charge in [-0.15, -0.1) is 10.1 Å². The molecule has 1 saturated heterocycles. The van der Waals surface area contributed by atoms with E-state index in [4.69, 9.17) is 9.84 Å². The molecule has 4 atom stereocenters. The second-order valence-electron chi connectivity index (χ2n) is 4.05. The molecule has 1 aromatic rings. The average molecular weight is 289 g/mol. The van der Waals surface area contributed by atoms with E-state index in [9.17, 15) is 24.8 Å². The van der Waals surface area contributed by atoms with E-state index in [-0.39, 0.29) is 0 Å². The number of aromatic amines is 1. The topological polar surface area (TPSA) is 157 Å². The van der Waals surface area contributed by atoms with Crippen molar-refractivity contribution in [2.75, 3.05) is 6.61 Å². The first-order valence-corrected chi connectivity index (χ1v) is 5.51. The Labute approximate surface area is 110 Å². The van der Waals surface area contributed by atoms with Gasteiger partial charge in [-0.05, 0) is 0 Å². The van der Waals surface area contributed by atoms with E-state index in [1.54, 1.807) is 0 Å². The summed E-state index contributed by atoms with van der Waals surface area (Å²) in [5.74, 6) is 0. The summed E-state index contributed by atoms with van der Waals surface area (Å²) in [5, 5.41) is 28.2. The molecule has 2 rings (SSSR count). The van der Waals surface area contributed by atoms with Gasteiger partial charge in [-0.2, -0.15) is 0 Å². The maximum absolute atomic E-state index is 11.6. The lowest BCUT2D eigenvalue weighted by atomic mass is 10.1. The van der Waals surface area contributed by atoms with Gasteiger partial charge in [0, 0.05) is 12.3 Å². The Morgan fingerprint density at radius 2 is 2.25 bits per heavy atom. The highest BCUT2D eigenvalue weighted by molar-refractivity contribution is 4.93. The van der Waals surface area contributed by atoms with Crippen LogP contribution in [-0.4, -0.2) is 49.8 Å². The molecule has 0 unspecified atom stereocenters. The number of hydrogen-bond donors (Lipinski definition) is 3. The molecule has 11 nitrogen and oxygen atoms in total. The van der Waals surface area contributed by atoms with E-state index in [1.807, 2.05) is 4.98 Å². The Bertz CT molecular complexity index is 610. The van der Waals surface area contributed by atoms with Gasteiger partial charge in [0.1, 0.15) is 12.2 Å². The molecule has 1 aromatic heterocycles. The van der Waals surface area contributed by atoms with Crippen LogP contribution >= 0.6 is 0 Å². The first kappa shape index (κ1) is 14.2. The molecule has 0 aromatic carbocycles. The van der Waals surface area contributed by atoms with Crippen LogP contribution in [0.4, 0.5) is 0 Å². The Hall–Kier alpha value is -2.24. The molecule has 0 bridgehead atoms. The predicted octanol–water partition coefficient (Wildman–Crippen LogP) is -2.64. The summed E-state index contributed by atoms with van der Waals surface area (Å²) in [6.45, 7) is -0.649. The number of nitrogens with zero attached hydrogens (tertiary/aromatic N) is 2. The fourth-order valence-electron chi connectivity index (χ4n) is 1.95. The predicted molar refractivity (Wildman–Crippen MR) is 60.2 cm³/mol. The second-order valence-corrected chi connectivity index (χ2v) is 4.05. The lowest BCUT2D eigenvalue weighted by Gasteiger charge is -2.17. The fraction of sp³-hybridized carbons (Fsp3) is 0.556. The summed E-state index contributed by atoms with van der Waals surface area (Å²) in [5.41, 5.74) is -1.50. The molecule has 0 saturated carbocycles. The molecule has 1 aliphatic heterocycles. The van der Waals surface area contributed by atoms with Gasteiger partial charge in [0.05, 0.1) is 6.61 Å². The van der Waals surface area contributed by atoms with Gasteiger partial charge in [-0.3, -0.25) is 14.3 Å². The van der Waals surface area contributed by atoms with Gasteiger partial charge < -0.3 is 19.8 Å². The number of rotatable bonds is 4. The molecule has 1 fully saturated rings. The van der Waals surface area contributed by atoms with Crippen molar-refractivity contribution in [2.24, 2.45) is 0 Å². The quantitative estimate of drug-likeness (QED) is 0.401. The van der Waals surface area contributed by atoms with Crippen molar-refractivity contribution in [2.45, 2.75) is 24.5 Å². The number of aromatic nitrogens is 2. The van der Waals surface area contributed by atoms with Gasteiger partial charge in [-0.1, -0.05) is 0 Å². The SMILES string of the molecule is O=c1ccn([C@@H]2O[C@H](CO)[C@@H](O[N+](=O)[O-])[C@H]2O)c(=O)[nH]1. The molecule has 3 N–H and O–H groups in total. The largest absolute Gasteiger partial charge is 0.394 e. The highest BCUT2D eigenvalue weighted by Gasteiger charge is 2.47. The summed E-state index contributed by atoms with van der Waals surface area (Å²) >= 11 is 0. The summed E-state index contributed by atoms with van der Waals surface area (Å²) in [6.07, 6.45) is -4.45. The number of aliphatic hydroxyl groups excluding tert-OH is 2. The molecule has 20 heavy (non-hydrogen) atoms. The number of aliphatic hydroxyl groups is 2. The van der Waals surface area contributed by atoms with Crippen molar-refractivity contribution in [3.05, 3.63) is 43.2 Å². The summed E-state index contributed by atoms with van der Waals surface area (Å²) in [4.78, 5) is 39.0. The van der Waals surface area contributed by atoms with E-state index < -0.39 is 47.5 Å². The third-order valence-electron chi connectivity index (χ3n) is 2.82. The zero-order chi connectivity index (χ0) is 14.9. The van der Waals surface area contributed by atoms with Crippen LogP contribution in [-0.2, 0) is 9.57 Å². The minimum Gasteiger partial charge on any atom is -0.394 e. The highest BCUT2D eigenvalue weighted by atomic mass is 17.0. The molecule has 110 valence electrons. The van der Waals surface area contributed by atoms with E-state index in [0.717, 1.165) is 16.8 Å². The molecule has 0 amide bonds. The van der Waals surface area contributed by atoms with Gasteiger partial charge in [-0.25, -0.2) is 4.79 Å². The molecule has 2 heterocycles. The van der Waals surface area contributed by atoms with E-state index in [0.29, 0.717) is 0 Å². The van der Waals surface area contributed by atoms with Crippen LogP contribution in [0, 0.1) is 10.1 Å². The molecular formula is C9H11N3O8. The molecule has 0 radical (unpaired) electrons. The van der Waals surface area contributed by atoms with Crippen molar-refractivity contribution < 1.29 is 24.9 Å². The van der Waals surface area contributed by atoms with Crippen molar-refractivity contribution in [3.8, 4) is 0 Å². The standard InChI is InChI=1S/C9H11N3O8/c13-3-4-7(20-12(17)18)6(15)8(19-4)11-2-1-5(14)10-9(11)16/h1-2,4,6-8,13,15H,3H2,(H,10,14,16)/t4-,6-,7-,8-/m1/s1. The molecule has 11 heteroatoms. The van der Waals surface area contributed by atoms with Crippen LogP contribution in [0.1, 0.15) is 6.23 Å². The maximum Gasteiger partial charge on any atom is 0.330 e. The second kappa shape index (κ2) is 5.40. The Morgan fingerprint density at radius 1 is 1.55 bits per heavy atom. The molecular weight excluding hydrogens is 278 g/mol. The van der Waals surface area contributed by atoms with E-state index in [1.165, 1.54) is 0 Å². The molecule has 1 aliphatic rings. The zero-order valence-corrected chi connectivity index (χ0v) is 9.91. The first-order valence-electron chi connectivity index (χ1n) is 5.51. The Balaban J connectivity index is 2.32. The third kappa shape index (κ3) is 2.54. The number of nitrogens with one attached hydrogen (secondary N) is 1. The monoisotopic (exact) mass is 289 g/mol.